The van der Waals surface area contributed by atoms with Gasteiger partial charge >= 0.3 is 0 Å². The van der Waals surface area contributed by atoms with Crippen LogP contribution in [0.3, 0.4) is 0 Å². The van der Waals surface area contributed by atoms with Gasteiger partial charge in [-0.2, -0.15) is 0 Å². The molecule has 2 fully saturated rings. The van der Waals surface area contributed by atoms with Crippen LogP contribution in [0.5, 0.6) is 0 Å². The summed E-state index contributed by atoms with van der Waals surface area (Å²) in [4.78, 5) is 14.3. The first kappa shape index (κ1) is 11.9. The summed E-state index contributed by atoms with van der Waals surface area (Å²) < 4.78 is 0. The Morgan fingerprint density at radius 2 is 2.06 bits per heavy atom. The number of rotatable bonds is 3. The van der Waals surface area contributed by atoms with E-state index in [2.05, 4.69) is 31.0 Å². The maximum atomic E-state index is 12.2. The van der Waals surface area contributed by atoms with Gasteiger partial charge < -0.3 is 4.90 Å². The fourth-order valence-corrected chi connectivity index (χ4v) is 3.33. The second kappa shape index (κ2) is 4.74. The fourth-order valence-electron chi connectivity index (χ4n) is 3.33. The Hall–Kier alpha value is -0.570. The normalized spacial score (nSPS) is 33.7. The monoisotopic (exact) mass is 224 g/mol. The lowest BCUT2D eigenvalue weighted by molar-refractivity contribution is -0.132. The number of amides is 1. The molecule has 2 aliphatic rings. The van der Waals surface area contributed by atoms with E-state index in [4.69, 9.17) is 0 Å². The molecular weight excluding hydrogens is 200 g/mol. The maximum Gasteiger partial charge on any atom is 0.241 e. The van der Waals surface area contributed by atoms with Crippen LogP contribution >= 0.6 is 0 Å². The van der Waals surface area contributed by atoms with Crippen molar-refractivity contribution in [2.45, 2.75) is 71.1 Å². The van der Waals surface area contributed by atoms with Crippen molar-refractivity contribution in [2.75, 3.05) is 0 Å². The van der Waals surface area contributed by atoms with E-state index in [1.165, 1.54) is 25.7 Å². The molecule has 3 unspecified atom stereocenters. The molecule has 1 aliphatic carbocycles. The highest BCUT2D eigenvalue weighted by molar-refractivity contribution is 5.84. The van der Waals surface area contributed by atoms with Gasteiger partial charge in [-0.1, -0.05) is 19.8 Å². The second-order valence-electron chi connectivity index (χ2n) is 5.33. The first-order valence-electron chi connectivity index (χ1n) is 6.73. The molecule has 2 rings (SSSR count). The third-order valence-electron chi connectivity index (χ3n) is 4.34. The number of hydrogen-bond donors (Lipinski definition) is 1. The van der Waals surface area contributed by atoms with Crippen molar-refractivity contribution in [3.63, 3.8) is 0 Å². The average molecular weight is 224 g/mol. The molecule has 1 saturated carbocycles. The van der Waals surface area contributed by atoms with Gasteiger partial charge in [-0.15, -0.1) is 0 Å². The third-order valence-corrected chi connectivity index (χ3v) is 4.34. The lowest BCUT2D eigenvalue weighted by atomic mass is 9.98. The van der Waals surface area contributed by atoms with E-state index in [0.29, 0.717) is 11.9 Å². The van der Waals surface area contributed by atoms with Gasteiger partial charge in [-0.3, -0.25) is 10.1 Å². The number of carbonyl (C=O) groups is 1. The van der Waals surface area contributed by atoms with Gasteiger partial charge in [0.1, 0.15) is 0 Å². The molecule has 92 valence electrons. The molecular formula is C13H24N2O. The van der Waals surface area contributed by atoms with Crippen molar-refractivity contribution < 1.29 is 4.79 Å². The summed E-state index contributed by atoms with van der Waals surface area (Å²) in [7, 11) is 0. The van der Waals surface area contributed by atoms with Crippen LogP contribution in [0, 0.1) is 5.92 Å². The van der Waals surface area contributed by atoms with E-state index in [1.54, 1.807) is 0 Å². The summed E-state index contributed by atoms with van der Waals surface area (Å²) in [5.41, 5.74) is 0. The maximum absolute atomic E-state index is 12.2. The van der Waals surface area contributed by atoms with Gasteiger partial charge in [0.25, 0.3) is 0 Å². The lowest BCUT2D eigenvalue weighted by Crippen LogP contribution is -2.44. The van der Waals surface area contributed by atoms with Crippen molar-refractivity contribution in [3.05, 3.63) is 0 Å². The molecule has 16 heavy (non-hydrogen) atoms. The highest BCUT2D eigenvalue weighted by Gasteiger charge is 2.40. The fraction of sp³-hybridized carbons (Fsp3) is 0.923. The predicted octanol–water partition coefficient (Wildman–Crippen LogP) is 2.12. The quantitative estimate of drug-likeness (QED) is 0.796. The highest BCUT2D eigenvalue weighted by Crippen LogP contribution is 2.32. The van der Waals surface area contributed by atoms with Gasteiger partial charge in [-0.25, -0.2) is 0 Å². The minimum absolute atomic E-state index is 0.0545. The van der Waals surface area contributed by atoms with Crippen LogP contribution in [-0.4, -0.2) is 29.1 Å². The highest BCUT2D eigenvalue weighted by atomic mass is 16.2. The number of nitrogens with zero attached hydrogens (tertiary/aromatic N) is 1. The van der Waals surface area contributed by atoms with Crippen LogP contribution in [0.15, 0.2) is 0 Å². The zero-order valence-electron chi connectivity index (χ0n) is 10.7. The molecule has 0 aromatic heterocycles. The zero-order valence-corrected chi connectivity index (χ0v) is 10.7. The smallest absolute Gasteiger partial charge is 0.241 e. The first-order valence-corrected chi connectivity index (χ1v) is 6.73. The second-order valence-corrected chi connectivity index (χ2v) is 5.33. The average Bonchev–Trinajstić information content (AvgIpc) is 2.86. The number of carbonyl (C=O) groups excluding carboxylic acids is 1. The Labute approximate surface area is 98.6 Å². The lowest BCUT2D eigenvalue weighted by Gasteiger charge is -2.32. The molecule has 1 aliphatic heterocycles. The van der Waals surface area contributed by atoms with Crippen molar-refractivity contribution in [2.24, 2.45) is 5.92 Å². The van der Waals surface area contributed by atoms with E-state index in [9.17, 15) is 4.79 Å². The Bertz CT molecular complexity index is 261. The first-order chi connectivity index (χ1) is 7.65. The Balaban J connectivity index is 2.04. The van der Waals surface area contributed by atoms with Crippen LogP contribution in [-0.2, 0) is 4.79 Å². The summed E-state index contributed by atoms with van der Waals surface area (Å²) in [6.45, 7) is 6.41. The van der Waals surface area contributed by atoms with Crippen LogP contribution in [0.1, 0.15) is 52.9 Å². The molecule has 1 N–H and O–H groups in total. The van der Waals surface area contributed by atoms with Gasteiger partial charge in [0.05, 0.1) is 12.2 Å². The van der Waals surface area contributed by atoms with Crippen molar-refractivity contribution in [1.82, 2.24) is 10.2 Å². The Morgan fingerprint density at radius 1 is 1.44 bits per heavy atom. The van der Waals surface area contributed by atoms with Gasteiger partial charge in [0, 0.05) is 6.04 Å². The van der Waals surface area contributed by atoms with E-state index in [0.717, 1.165) is 12.3 Å². The summed E-state index contributed by atoms with van der Waals surface area (Å²) in [5, 5.41) is 3.38. The molecule has 0 radical (unpaired) electrons. The summed E-state index contributed by atoms with van der Waals surface area (Å²) in [6.07, 6.45) is 6.40. The molecule has 3 atom stereocenters. The number of hydrogen-bond acceptors (Lipinski definition) is 2. The van der Waals surface area contributed by atoms with E-state index in [1.807, 2.05) is 0 Å². The van der Waals surface area contributed by atoms with Gasteiger partial charge in [0.15, 0.2) is 0 Å². The SMILES string of the molecule is CCC1NC(C)N(C(C)C2CCCC2)C1=O. The minimum Gasteiger partial charge on any atom is -0.323 e. The molecule has 0 aromatic rings. The predicted molar refractivity (Wildman–Crippen MR) is 64.9 cm³/mol. The van der Waals surface area contributed by atoms with E-state index >= 15 is 0 Å². The zero-order chi connectivity index (χ0) is 11.7. The van der Waals surface area contributed by atoms with Crippen molar-refractivity contribution >= 4 is 5.91 Å². The minimum atomic E-state index is 0.0545. The molecule has 3 heteroatoms. The van der Waals surface area contributed by atoms with Gasteiger partial charge in [-0.05, 0) is 39.0 Å². The Kier molecular flexibility index (Phi) is 3.53. The molecule has 1 saturated heterocycles. The summed E-state index contributed by atoms with van der Waals surface area (Å²) in [6, 6.07) is 0.466. The molecule has 0 spiro atoms. The molecule has 1 amide bonds. The van der Waals surface area contributed by atoms with Crippen molar-refractivity contribution in [3.8, 4) is 0 Å². The Morgan fingerprint density at radius 3 is 2.56 bits per heavy atom. The third kappa shape index (κ3) is 1.97. The summed E-state index contributed by atoms with van der Waals surface area (Å²) in [5.74, 6) is 1.04. The van der Waals surface area contributed by atoms with E-state index in [-0.39, 0.29) is 12.2 Å². The van der Waals surface area contributed by atoms with Crippen LogP contribution in [0.4, 0.5) is 0 Å². The standard InChI is InChI=1S/C13H24N2O/c1-4-12-13(16)15(10(3)14-12)9(2)11-7-5-6-8-11/h9-12,14H,4-8H2,1-3H3. The van der Waals surface area contributed by atoms with Gasteiger partial charge in [0.2, 0.25) is 5.91 Å². The van der Waals surface area contributed by atoms with Crippen LogP contribution in [0.25, 0.3) is 0 Å². The largest absolute Gasteiger partial charge is 0.323 e. The van der Waals surface area contributed by atoms with Crippen LogP contribution in [0.2, 0.25) is 0 Å². The molecule has 1 heterocycles. The summed E-state index contributed by atoms with van der Waals surface area (Å²) >= 11 is 0. The topological polar surface area (TPSA) is 32.3 Å². The molecule has 3 nitrogen and oxygen atoms in total. The van der Waals surface area contributed by atoms with Crippen molar-refractivity contribution in [1.29, 1.82) is 0 Å². The number of nitrogens with one attached hydrogen (secondary N) is 1. The van der Waals surface area contributed by atoms with Crippen LogP contribution < -0.4 is 5.32 Å². The molecule has 0 aromatic carbocycles. The molecule has 0 bridgehead atoms. The van der Waals surface area contributed by atoms with E-state index < -0.39 is 0 Å².